The quantitative estimate of drug-likeness (QED) is 0.896. The van der Waals surface area contributed by atoms with E-state index >= 15 is 0 Å². The van der Waals surface area contributed by atoms with Crippen molar-refractivity contribution in [2.24, 2.45) is 5.73 Å². The highest BCUT2D eigenvalue weighted by Crippen LogP contribution is 2.18. The lowest BCUT2D eigenvalue weighted by molar-refractivity contribution is 0.224. The second kappa shape index (κ2) is 6.38. The monoisotopic (exact) mass is 297 g/mol. The Kier molecular flexibility index (Phi) is 4.83. The topological polar surface area (TPSA) is 41.3 Å². The van der Waals surface area contributed by atoms with Crippen LogP contribution in [0, 0.1) is 0 Å². The molecular formula is C13H20BrN3. The van der Waals surface area contributed by atoms with Gasteiger partial charge in [0.2, 0.25) is 0 Å². The molecule has 1 fully saturated rings. The normalized spacial score (nSPS) is 18.2. The van der Waals surface area contributed by atoms with Gasteiger partial charge in [-0.05, 0) is 37.1 Å². The molecule has 2 rings (SSSR count). The third-order valence-electron chi connectivity index (χ3n) is 3.25. The average Bonchev–Trinajstić information content (AvgIpc) is 2.35. The second-order valence-corrected chi connectivity index (χ2v) is 5.47. The lowest BCUT2D eigenvalue weighted by Crippen LogP contribution is -2.41. The molecule has 0 aromatic heterocycles. The van der Waals surface area contributed by atoms with Crippen molar-refractivity contribution in [2.75, 3.05) is 31.5 Å². The lowest BCUT2D eigenvalue weighted by Gasteiger charge is -2.32. The largest absolute Gasteiger partial charge is 0.382 e. The molecule has 1 aliphatic rings. The first-order valence-corrected chi connectivity index (χ1v) is 7.02. The summed E-state index contributed by atoms with van der Waals surface area (Å²) in [6.07, 6.45) is 2.41. The first-order valence-electron chi connectivity index (χ1n) is 6.22. The van der Waals surface area contributed by atoms with E-state index in [9.17, 15) is 0 Å². The van der Waals surface area contributed by atoms with E-state index in [-0.39, 0.29) is 0 Å². The van der Waals surface area contributed by atoms with Crippen molar-refractivity contribution in [1.29, 1.82) is 0 Å². The van der Waals surface area contributed by atoms with Crippen LogP contribution in [0.15, 0.2) is 28.7 Å². The molecule has 94 valence electrons. The van der Waals surface area contributed by atoms with Gasteiger partial charge < -0.3 is 16.0 Å². The minimum Gasteiger partial charge on any atom is -0.382 e. The van der Waals surface area contributed by atoms with E-state index in [1.54, 1.807) is 0 Å². The Morgan fingerprint density at radius 2 is 1.88 bits per heavy atom. The molecule has 0 saturated carbocycles. The molecule has 4 heteroatoms. The Balaban J connectivity index is 1.79. The molecule has 0 atom stereocenters. The van der Waals surface area contributed by atoms with Crippen molar-refractivity contribution in [2.45, 2.75) is 18.9 Å². The highest BCUT2D eigenvalue weighted by Gasteiger charge is 2.17. The molecule has 1 aromatic carbocycles. The average molecular weight is 298 g/mol. The number of nitrogens with two attached hydrogens (primary N) is 1. The number of piperidine rings is 1. The predicted octanol–water partition coefficient (Wildman–Crippen LogP) is 2.28. The maximum absolute atomic E-state index is 5.57. The second-order valence-electron chi connectivity index (χ2n) is 4.56. The lowest BCUT2D eigenvalue weighted by atomic mass is 10.0. The van der Waals surface area contributed by atoms with Gasteiger partial charge in [0.15, 0.2) is 0 Å². The Morgan fingerprint density at radius 3 is 2.47 bits per heavy atom. The van der Waals surface area contributed by atoms with Crippen LogP contribution in [0.25, 0.3) is 0 Å². The number of hydrogen-bond acceptors (Lipinski definition) is 3. The fraction of sp³-hybridized carbons (Fsp3) is 0.538. The summed E-state index contributed by atoms with van der Waals surface area (Å²) in [4.78, 5) is 2.44. The first-order chi connectivity index (χ1) is 8.28. The van der Waals surface area contributed by atoms with Crippen LogP contribution in [-0.2, 0) is 0 Å². The highest BCUT2D eigenvalue weighted by atomic mass is 79.9. The Hall–Kier alpha value is -0.580. The molecule has 3 nitrogen and oxygen atoms in total. The predicted molar refractivity (Wildman–Crippen MR) is 76.3 cm³/mol. The summed E-state index contributed by atoms with van der Waals surface area (Å²) in [5.41, 5.74) is 6.78. The van der Waals surface area contributed by atoms with Crippen molar-refractivity contribution in [3.8, 4) is 0 Å². The van der Waals surface area contributed by atoms with Gasteiger partial charge in [0.1, 0.15) is 0 Å². The van der Waals surface area contributed by atoms with E-state index in [2.05, 4.69) is 50.4 Å². The maximum Gasteiger partial charge on any atom is 0.0343 e. The molecule has 1 heterocycles. The number of rotatable bonds is 4. The fourth-order valence-corrected chi connectivity index (χ4v) is 2.53. The molecule has 0 amide bonds. The van der Waals surface area contributed by atoms with Crippen molar-refractivity contribution in [3.05, 3.63) is 28.7 Å². The zero-order valence-electron chi connectivity index (χ0n) is 10.0. The molecule has 0 spiro atoms. The Morgan fingerprint density at radius 1 is 1.24 bits per heavy atom. The van der Waals surface area contributed by atoms with Crippen LogP contribution in [0.1, 0.15) is 12.8 Å². The van der Waals surface area contributed by atoms with Crippen molar-refractivity contribution in [1.82, 2.24) is 4.90 Å². The first kappa shape index (κ1) is 12.9. The van der Waals surface area contributed by atoms with Gasteiger partial charge in [0.25, 0.3) is 0 Å². The van der Waals surface area contributed by atoms with Gasteiger partial charge in [-0.15, -0.1) is 0 Å². The molecule has 1 aromatic rings. The van der Waals surface area contributed by atoms with Gasteiger partial charge in [-0.1, -0.05) is 15.9 Å². The maximum atomic E-state index is 5.57. The molecule has 0 aliphatic carbocycles. The van der Waals surface area contributed by atoms with Crippen LogP contribution >= 0.6 is 15.9 Å². The summed E-state index contributed by atoms with van der Waals surface area (Å²) in [7, 11) is 0. The fourth-order valence-electron chi connectivity index (χ4n) is 2.27. The van der Waals surface area contributed by atoms with Crippen molar-refractivity contribution < 1.29 is 0 Å². The van der Waals surface area contributed by atoms with E-state index in [1.807, 2.05) is 0 Å². The molecule has 0 radical (unpaired) electrons. The summed E-state index contributed by atoms with van der Waals surface area (Å²) in [5, 5.41) is 3.59. The van der Waals surface area contributed by atoms with E-state index in [1.165, 1.54) is 18.5 Å². The summed E-state index contributed by atoms with van der Waals surface area (Å²) in [6.45, 7) is 4.12. The minimum absolute atomic E-state index is 0.602. The zero-order chi connectivity index (χ0) is 12.1. The molecule has 0 unspecified atom stereocenters. The van der Waals surface area contributed by atoms with Gasteiger partial charge in [-0.2, -0.15) is 0 Å². The smallest absolute Gasteiger partial charge is 0.0343 e. The Labute approximate surface area is 111 Å². The summed E-state index contributed by atoms with van der Waals surface area (Å²) < 4.78 is 1.13. The standard InChI is InChI=1S/C13H20BrN3/c14-11-1-3-12(4-2-11)16-13-5-8-17(9-6-13)10-7-15/h1-4,13,16H,5-10,15H2. The van der Waals surface area contributed by atoms with Crippen LogP contribution in [0.4, 0.5) is 5.69 Å². The van der Waals surface area contributed by atoms with E-state index in [0.717, 1.165) is 30.7 Å². The number of benzene rings is 1. The van der Waals surface area contributed by atoms with Crippen LogP contribution in [-0.4, -0.2) is 37.1 Å². The van der Waals surface area contributed by atoms with Crippen molar-refractivity contribution >= 4 is 21.6 Å². The molecule has 17 heavy (non-hydrogen) atoms. The van der Waals surface area contributed by atoms with Gasteiger partial charge >= 0.3 is 0 Å². The third kappa shape index (κ3) is 3.98. The summed E-state index contributed by atoms with van der Waals surface area (Å²) >= 11 is 3.45. The van der Waals surface area contributed by atoms with Gasteiger partial charge in [-0.25, -0.2) is 0 Å². The van der Waals surface area contributed by atoms with Crippen molar-refractivity contribution in [3.63, 3.8) is 0 Å². The number of halogens is 1. The van der Waals surface area contributed by atoms with E-state index in [0.29, 0.717) is 6.04 Å². The number of anilines is 1. The van der Waals surface area contributed by atoms with Crippen LogP contribution < -0.4 is 11.1 Å². The minimum atomic E-state index is 0.602. The molecule has 1 aliphatic heterocycles. The molecule has 1 saturated heterocycles. The summed E-state index contributed by atoms with van der Waals surface area (Å²) in [5.74, 6) is 0. The van der Waals surface area contributed by atoms with E-state index in [4.69, 9.17) is 5.73 Å². The molecular weight excluding hydrogens is 278 g/mol. The van der Waals surface area contributed by atoms with Crippen LogP contribution in [0.2, 0.25) is 0 Å². The van der Waals surface area contributed by atoms with Gasteiger partial charge in [-0.3, -0.25) is 0 Å². The van der Waals surface area contributed by atoms with Gasteiger partial charge in [0.05, 0.1) is 0 Å². The SMILES string of the molecule is NCCN1CCC(Nc2ccc(Br)cc2)CC1. The van der Waals surface area contributed by atoms with Crippen LogP contribution in [0.3, 0.4) is 0 Å². The zero-order valence-corrected chi connectivity index (χ0v) is 11.6. The van der Waals surface area contributed by atoms with E-state index < -0.39 is 0 Å². The molecule has 0 bridgehead atoms. The third-order valence-corrected chi connectivity index (χ3v) is 3.78. The number of hydrogen-bond donors (Lipinski definition) is 2. The number of nitrogens with zero attached hydrogens (tertiary/aromatic N) is 1. The number of nitrogens with one attached hydrogen (secondary N) is 1. The van der Waals surface area contributed by atoms with Crippen LogP contribution in [0.5, 0.6) is 0 Å². The molecule has 3 N–H and O–H groups in total. The van der Waals surface area contributed by atoms with Gasteiger partial charge in [0, 0.05) is 42.4 Å². The Bertz CT molecular complexity index is 331. The summed E-state index contributed by atoms with van der Waals surface area (Å²) in [6, 6.07) is 9.00. The number of likely N-dealkylation sites (tertiary alicyclic amines) is 1. The highest BCUT2D eigenvalue weighted by molar-refractivity contribution is 9.10.